The van der Waals surface area contributed by atoms with Crippen molar-refractivity contribution in [2.24, 2.45) is 12.5 Å². The first-order valence-electron chi connectivity index (χ1n) is 11.5. The molecule has 0 N–H and O–H groups in total. The quantitative estimate of drug-likeness (QED) is 0.191. The molecule has 1 aromatic carbocycles. The minimum atomic E-state index is -4.53. The molecule has 0 saturated heterocycles. The summed E-state index contributed by atoms with van der Waals surface area (Å²) in [5.41, 5.74) is 0.135. The van der Waals surface area contributed by atoms with Gasteiger partial charge in [0.1, 0.15) is 5.82 Å². The first-order chi connectivity index (χ1) is 16.5. The van der Waals surface area contributed by atoms with E-state index in [9.17, 15) is 17.6 Å². The molecule has 2 atom stereocenters. The maximum Gasteiger partial charge on any atom is 0.416 e. The van der Waals surface area contributed by atoms with Gasteiger partial charge in [-0.1, -0.05) is 24.8 Å². The number of hydrogen-bond acceptors (Lipinski definition) is 6. The molecule has 2 heterocycles. The van der Waals surface area contributed by atoms with Crippen molar-refractivity contribution in [3.8, 4) is 11.6 Å². The van der Waals surface area contributed by atoms with Gasteiger partial charge in [-0.2, -0.15) is 13.2 Å². The molecule has 6 nitrogen and oxygen atoms in total. The highest BCUT2D eigenvalue weighted by Gasteiger charge is 2.51. The van der Waals surface area contributed by atoms with E-state index in [0.717, 1.165) is 55.0 Å². The van der Waals surface area contributed by atoms with Gasteiger partial charge in [0.2, 0.25) is 5.82 Å². The van der Waals surface area contributed by atoms with Crippen molar-refractivity contribution in [2.75, 3.05) is 25.9 Å². The number of nitrogens with zero attached hydrogens (tertiary/aromatic N) is 5. The lowest BCUT2D eigenvalue weighted by Gasteiger charge is -2.20. The minimum Gasteiger partial charge on any atom is -0.440 e. The molecule has 0 aliphatic heterocycles. The Morgan fingerprint density at radius 3 is 2.69 bits per heavy atom. The van der Waals surface area contributed by atoms with Crippen LogP contribution in [0.4, 0.5) is 17.6 Å². The molecule has 2 aromatic heterocycles. The topological polar surface area (TPSA) is 60.0 Å². The molecule has 35 heavy (non-hydrogen) atoms. The van der Waals surface area contributed by atoms with E-state index in [4.69, 9.17) is 4.42 Å². The Morgan fingerprint density at radius 2 is 2.03 bits per heavy atom. The van der Waals surface area contributed by atoms with Crippen LogP contribution in [0, 0.1) is 18.2 Å². The molecule has 0 unspecified atom stereocenters. The zero-order chi connectivity index (χ0) is 25.4. The van der Waals surface area contributed by atoms with E-state index in [-0.39, 0.29) is 11.3 Å². The predicted octanol–water partition coefficient (Wildman–Crippen LogP) is 5.93. The third-order valence-electron chi connectivity index (χ3n) is 6.82. The number of hydrogen-bond donors (Lipinski definition) is 0. The van der Waals surface area contributed by atoms with Gasteiger partial charge in [0.15, 0.2) is 17.3 Å². The summed E-state index contributed by atoms with van der Waals surface area (Å²) in [4.78, 5) is 6.34. The first kappa shape index (κ1) is 25.7. The highest BCUT2D eigenvalue weighted by molar-refractivity contribution is 7.99. The van der Waals surface area contributed by atoms with Gasteiger partial charge >= 0.3 is 6.18 Å². The highest BCUT2D eigenvalue weighted by atomic mass is 32.2. The number of aromatic nitrogens is 4. The third-order valence-corrected chi connectivity index (χ3v) is 7.92. The summed E-state index contributed by atoms with van der Waals surface area (Å²) in [7, 11) is 3.95. The third kappa shape index (κ3) is 5.72. The van der Waals surface area contributed by atoms with Crippen molar-refractivity contribution in [3.63, 3.8) is 0 Å². The Labute approximate surface area is 206 Å². The van der Waals surface area contributed by atoms with Crippen LogP contribution in [0.1, 0.15) is 48.9 Å². The average molecular weight is 512 g/mol. The highest BCUT2D eigenvalue weighted by Crippen LogP contribution is 2.61. The molecule has 3 aromatic rings. The van der Waals surface area contributed by atoms with Gasteiger partial charge in [0.05, 0.1) is 11.3 Å². The fourth-order valence-corrected chi connectivity index (χ4v) is 5.20. The van der Waals surface area contributed by atoms with Crippen molar-refractivity contribution in [3.05, 3.63) is 47.2 Å². The van der Waals surface area contributed by atoms with E-state index >= 15 is 0 Å². The van der Waals surface area contributed by atoms with Gasteiger partial charge in [-0.25, -0.2) is 9.37 Å². The maximum absolute atomic E-state index is 14.4. The molecule has 0 amide bonds. The lowest BCUT2D eigenvalue weighted by Crippen LogP contribution is -2.23. The molecular formula is C24H29F4N5OS. The molecule has 0 radical (unpaired) electrons. The fourth-order valence-electron chi connectivity index (χ4n) is 4.37. The van der Waals surface area contributed by atoms with Crippen molar-refractivity contribution in [1.29, 1.82) is 0 Å². The van der Waals surface area contributed by atoms with E-state index in [2.05, 4.69) is 34.1 Å². The molecule has 4 rings (SSSR count). The van der Waals surface area contributed by atoms with E-state index in [0.29, 0.717) is 23.2 Å². The summed E-state index contributed by atoms with van der Waals surface area (Å²) in [6, 6.07) is 2.90. The summed E-state index contributed by atoms with van der Waals surface area (Å²) in [6.45, 7) is 5.69. The van der Waals surface area contributed by atoms with Crippen LogP contribution in [0.5, 0.6) is 0 Å². The number of rotatable bonds is 10. The van der Waals surface area contributed by atoms with Gasteiger partial charge in [-0.05, 0) is 75.4 Å². The van der Waals surface area contributed by atoms with Crippen LogP contribution < -0.4 is 0 Å². The molecule has 1 aliphatic carbocycles. The Balaban J connectivity index is 1.20. The summed E-state index contributed by atoms with van der Waals surface area (Å²) >= 11 is 1.63. The lowest BCUT2D eigenvalue weighted by molar-refractivity contribution is -0.137. The average Bonchev–Trinajstić information content (AvgIpc) is 3.07. The second-order valence-electron chi connectivity index (χ2n) is 9.53. The predicted molar refractivity (Wildman–Crippen MR) is 126 cm³/mol. The lowest BCUT2D eigenvalue weighted by atomic mass is 9.96. The monoisotopic (exact) mass is 511 g/mol. The van der Waals surface area contributed by atoms with E-state index < -0.39 is 17.6 Å². The van der Waals surface area contributed by atoms with Gasteiger partial charge in [0, 0.05) is 12.8 Å². The summed E-state index contributed by atoms with van der Waals surface area (Å²) in [5.74, 6) is 1.35. The summed E-state index contributed by atoms with van der Waals surface area (Å²) < 4.78 is 60.1. The van der Waals surface area contributed by atoms with Gasteiger partial charge in [-0.3, -0.25) is 0 Å². The number of oxazole rings is 1. The van der Waals surface area contributed by atoms with Crippen LogP contribution >= 0.6 is 11.8 Å². The number of alkyl halides is 3. The van der Waals surface area contributed by atoms with Crippen molar-refractivity contribution in [2.45, 2.75) is 50.4 Å². The molecule has 0 spiro atoms. The van der Waals surface area contributed by atoms with E-state index in [1.54, 1.807) is 11.8 Å². The SMILES string of the molecule is Cc1ncoc1-c1nnc(SCCCN(C)CC[C@]2(C)C[C@H]2c2ccc(C(F)(F)F)cc2F)n1C. The zero-order valence-electron chi connectivity index (χ0n) is 20.2. The van der Waals surface area contributed by atoms with Crippen LogP contribution in [0.15, 0.2) is 34.2 Å². The van der Waals surface area contributed by atoms with E-state index in [1.807, 2.05) is 18.5 Å². The maximum atomic E-state index is 14.4. The van der Waals surface area contributed by atoms with Crippen molar-refractivity contribution < 1.29 is 22.0 Å². The Kier molecular flexibility index (Phi) is 7.28. The molecule has 0 bridgehead atoms. The van der Waals surface area contributed by atoms with Crippen LogP contribution in [0.2, 0.25) is 0 Å². The Bertz CT molecular complexity index is 1180. The second kappa shape index (κ2) is 9.93. The Hall–Kier alpha value is -2.40. The molecule has 1 aliphatic rings. The van der Waals surface area contributed by atoms with Crippen molar-refractivity contribution >= 4 is 11.8 Å². The van der Waals surface area contributed by atoms with Gasteiger partial charge in [-0.15, -0.1) is 10.2 Å². The van der Waals surface area contributed by atoms with Gasteiger partial charge < -0.3 is 13.9 Å². The zero-order valence-corrected chi connectivity index (χ0v) is 21.0. The standard InChI is InChI=1S/C24H29F4N5OS/c1-15-20(34-14-29-15)21-30-31-22(33(21)4)35-11-5-9-32(3)10-8-23(2)13-18(23)17-7-6-16(12-19(17)25)24(26,27)28/h6-7,12,14,18H,5,8-11,13H2,1-4H3/t18-,23+/m0/s1. The van der Waals surface area contributed by atoms with Crippen LogP contribution in [0.25, 0.3) is 11.6 Å². The molecule has 190 valence electrons. The largest absolute Gasteiger partial charge is 0.440 e. The summed E-state index contributed by atoms with van der Waals surface area (Å²) in [5, 5.41) is 9.28. The molecule has 1 saturated carbocycles. The van der Waals surface area contributed by atoms with Crippen LogP contribution in [-0.4, -0.2) is 50.5 Å². The Morgan fingerprint density at radius 1 is 1.26 bits per heavy atom. The molecule has 1 fully saturated rings. The summed E-state index contributed by atoms with van der Waals surface area (Å²) in [6.07, 6.45) is -0.522. The first-order valence-corrected chi connectivity index (χ1v) is 12.5. The number of thioether (sulfide) groups is 1. The minimum absolute atomic E-state index is 0.0353. The van der Waals surface area contributed by atoms with Crippen LogP contribution in [-0.2, 0) is 13.2 Å². The number of aryl methyl sites for hydroxylation is 1. The van der Waals surface area contributed by atoms with Crippen LogP contribution in [0.3, 0.4) is 0 Å². The normalized spacial score (nSPS) is 20.1. The molecular weight excluding hydrogens is 482 g/mol. The van der Waals surface area contributed by atoms with Gasteiger partial charge in [0.25, 0.3) is 0 Å². The number of halogens is 4. The van der Waals surface area contributed by atoms with E-state index in [1.165, 1.54) is 12.5 Å². The number of benzene rings is 1. The fraction of sp³-hybridized carbons (Fsp3) is 0.542. The van der Waals surface area contributed by atoms with Crippen molar-refractivity contribution in [1.82, 2.24) is 24.6 Å². The molecule has 11 heteroatoms. The second-order valence-corrected chi connectivity index (χ2v) is 10.6. The smallest absolute Gasteiger partial charge is 0.416 e.